The summed E-state index contributed by atoms with van der Waals surface area (Å²) < 4.78 is 0. The lowest BCUT2D eigenvalue weighted by Crippen LogP contribution is -2.59. The standard InChI is InChI=1S/C54H79N10O9/c1-34(2)26-44(47(66)30-48(67)59-45(27-35(3)4)54(73)64(52(71)36(5)6)40(32-65)28-38-18-11-8-12-19-38)62-49(68)42(20-13-14-24-55)60-50(69)43(23-22-37-16-9-7-10-17-37)61-51(70)46-21-15-25-63(46)53(72)41(56)29-39-31-57-33-58-39/h7-12,16-19,31,33-36,40-47,66H,13-15,20-30,55-56H2,1-6H3,(H,57,58)(H,59,67)(H,60,69)(H,61,70)(H,62,68)/t40-,41-,42-,43-,44?,45-,46-,47-/m0/s1. The van der Waals surface area contributed by atoms with Crippen molar-refractivity contribution in [3.05, 3.63) is 90.0 Å². The van der Waals surface area contributed by atoms with Crippen molar-refractivity contribution in [2.45, 2.75) is 167 Å². The highest BCUT2D eigenvalue weighted by Gasteiger charge is 2.40. The van der Waals surface area contributed by atoms with Crippen molar-refractivity contribution >= 4 is 47.6 Å². The number of benzene rings is 2. The highest BCUT2D eigenvalue weighted by molar-refractivity contribution is 6.02. The van der Waals surface area contributed by atoms with E-state index >= 15 is 0 Å². The van der Waals surface area contributed by atoms with Gasteiger partial charge < -0.3 is 47.7 Å². The smallest absolute Gasteiger partial charge is 0.252 e. The Hall–Kier alpha value is -6.31. The van der Waals surface area contributed by atoms with E-state index < -0.39 is 102 Å². The van der Waals surface area contributed by atoms with Crippen LogP contribution in [0.1, 0.15) is 116 Å². The number of aromatic amines is 1. The highest BCUT2D eigenvalue weighted by Crippen LogP contribution is 2.21. The predicted octanol–water partition coefficient (Wildman–Crippen LogP) is 2.55. The molecule has 1 aliphatic rings. The Balaban J connectivity index is 1.52. The number of aliphatic hydroxyl groups excluding tert-OH is 1. The molecule has 399 valence electrons. The number of nitrogens with two attached hydrogens (primary N) is 2. The van der Waals surface area contributed by atoms with Gasteiger partial charge in [-0.15, -0.1) is 0 Å². The van der Waals surface area contributed by atoms with Crippen LogP contribution in [0.15, 0.2) is 73.2 Å². The molecule has 0 saturated carbocycles. The van der Waals surface area contributed by atoms with E-state index in [2.05, 4.69) is 31.2 Å². The number of rotatable bonds is 30. The van der Waals surface area contributed by atoms with Crippen LogP contribution in [0.4, 0.5) is 0 Å². The monoisotopic (exact) mass is 1010 g/mol. The second-order valence-corrected chi connectivity index (χ2v) is 20.3. The molecule has 19 heteroatoms. The molecule has 19 nitrogen and oxygen atoms in total. The maximum absolute atomic E-state index is 14.4. The molecule has 8 atom stereocenters. The molecule has 0 spiro atoms. The highest BCUT2D eigenvalue weighted by atomic mass is 16.3. The molecule has 1 unspecified atom stereocenters. The lowest BCUT2D eigenvalue weighted by atomic mass is 9.95. The van der Waals surface area contributed by atoms with Gasteiger partial charge in [0.15, 0.2) is 0 Å². The summed E-state index contributed by atoms with van der Waals surface area (Å²) in [6.45, 7) is 11.3. The second-order valence-electron chi connectivity index (χ2n) is 20.3. The normalized spacial score (nSPS) is 16.4. The van der Waals surface area contributed by atoms with E-state index in [0.29, 0.717) is 56.5 Å². The number of hydrogen-bond donors (Lipinski definition) is 8. The maximum Gasteiger partial charge on any atom is 0.252 e. The third-order valence-corrected chi connectivity index (χ3v) is 12.9. The number of unbranched alkanes of at least 4 members (excludes halogenated alkanes) is 1. The second kappa shape index (κ2) is 30.0. The van der Waals surface area contributed by atoms with Crippen molar-refractivity contribution in [3.8, 4) is 0 Å². The summed E-state index contributed by atoms with van der Waals surface area (Å²) in [5.74, 6) is -5.21. The molecule has 1 saturated heterocycles. The number of likely N-dealkylation sites (tertiary alicyclic amines) is 1. The van der Waals surface area contributed by atoms with Gasteiger partial charge in [0.1, 0.15) is 30.2 Å². The van der Waals surface area contributed by atoms with Crippen molar-refractivity contribution in [2.24, 2.45) is 29.2 Å². The number of aliphatic hydroxyl groups is 1. The Morgan fingerprint density at radius 2 is 1.42 bits per heavy atom. The van der Waals surface area contributed by atoms with Crippen molar-refractivity contribution in [1.82, 2.24) is 41.0 Å². The quantitative estimate of drug-likeness (QED) is 0.0448. The SMILES string of the molecule is CC(C)CC(NC(=O)[C@H](CCCCN)NC(=O)[C@H](CCc1ccccc1)NC(=O)[C@@H]1CCCN1C(=O)[C@@H](N)Cc1c[nH]cn1)[C@@H](O)CC(=O)N[C@@H](CC(C)C)C(=O)N(C(=O)C(C)C)[C@H]([C]=O)Cc1ccccc1. The summed E-state index contributed by atoms with van der Waals surface area (Å²) in [4.78, 5) is 120. The van der Waals surface area contributed by atoms with Gasteiger partial charge in [0.25, 0.3) is 5.91 Å². The van der Waals surface area contributed by atoms with Crippen LogP contribution in [0.2, 0.25) is 0 Å². The third kappa shape index (κ3) is 18.9. The van der Waals surface area contributed by atoms with Gasteiger partial charge in [0.05, 0.1) is 36.6 Å². The molecular weight excluding hydrogens is 933 g/mol. The number of amides is 7. The average Bonchev–Trinajstić information content (AvgIpc) is 4.07. The van der Waals surface area contributed by atoms with Gasteiger partial charge >= 0.3 is 0 Å². The number of aromatic nitrogens is 2. The van der Waals surface area contributed by atoms with Crippen molar-refractivity contribution in [3.63, 3.8) is 0 Å². The molecule has 2 heterocycles. The molecule has 0 bridgehead atoms. The lowest BCUT2D eigenvalue weighted by molar-refractivity contribution is -0.151. The molecule has 1 aromatic heterocycles. The summed E-state index contributed by atoms with van der Waals surface area (Å²) in [7, 11) is 0. The minimum atomic E-state index is -1.47. The van der Waals surface area contributed by atoms with Crippen LogP contribution in [0.25, 0.3) is 0 Å². The van der Waals surface area contributed by atoms with Crippen LogP contribution in [0, 0.1) is 17.8 Å². The van der Waals surface area contributed by atoms with Gasteiger partial charge in [-0.1, -0.05) is 102 Å². The van der Waals surface area contributed by atoms with Gasteiger partial charge in [-0.25, -0.2) is 4.98 Å². The zero-order valence-electron chi connectivity index (χ0n) is 43.4. The summed E-state index contributed by atoms with van der Waals surface area (Å²) in [6, 6.07) is 10.7. The Labute approximate surface area is 430 Å². The molecule has 4 rings (SSSR count). The number of aryl methyl sites for hydroxylation is 1. The zero-order chi connectivity index (χ0) is 53.6. The molecule has 1 fully saturated rings. The number of nitrogens with zero attached hydrogens (tertiary/aromatic N) is 3. The average molecular weight is 1010 g/mol. The fourth-order valence-corrected chi connectivity index (χ4v) is 9.02. The molecule has 73 heavy (non-hydrogen) atoms. The first kappa shape index (κ1) is 59.3. The Bertz CT molecular complexity index is 2230. The van der Waals surface area contributed by atoms with Crippen LogP contribution in [-0.2, 0) is 57.6 Å². The summed E-state index contributed by atoms with van der Waals surface area (Å²) in [5, 5.41) is 23.1. The van der Waals surface area contributed by atoms with E-state index in [1.807, 2.05) is 64.3 Å². The van der Waals surface area contributed by atoms with Gasteiger partial charge in [-0.2, -0.15) is 0 Å². The van der Waals surface area contributed by atoms with Crippen LogP contribution in [0.5, 0.6) is 0 Å². The van der Waals surface area contributed by atoms with Crippen LogP contribution >= 0.6 is 0 Å². The van der Waals surface area contributed by atoms with E-state index in [0.717, 1.165) is 10.5 Å². The predicted molar refractivity (Wildman–Crippen MR) is 276 cm³/mol. The minimum absolute atomic E-state index is 0.0219. The van der Waals surface area contributed by atoms with E-state index in [1.54, 1.807) is 50.4 Å². The molecule has 1 aliphatic heterocycles. The van der Waals surface area contributed by atoms with Crippen molar-refractivity contribution in [1.29, 1.82) is 0 Å². The molecule has 1 radical (unpaired) electrons. The molecular formula is C54H79N10O9. The fraction of sp³-hybridized carbons (Fsp3) is 0.574. The number of imide groups is 1. The number of nitrogens with one attached hydrogen (secondary N) is 5. The molecule has 7 amide bonds. The molecule has 0 aliphatic carbocycles. The van der Waals surface area contributed by atoms with Gasteiger partial charge in [0.2, 0.25) is 41.7 Å². The lowest BCUT2D eigenvalue weighted by Gasteiger charge is -2.32. The third-order valence-electron chi connectivity index (χ3n) is 12.9. The summed E-state index contributed by atoms with van der Waals surface area (Å²) >= 11 is 0. The Morgan fingerprint density at radius 1 is 0.795 bits per heavy atom. The number of carbonyl (C=O) groups excluding carboxylic acids is 8. The Kier molecular flexibility index (Phi) is 24.4. The topological polar surface area (TPSA) is 292 Å². The first-order valence-electron chi connectivity index (χ1n) is 25.8. The van der Waals surface area contributed by atoms with Crippen molar-refractivity contribution in [2.75, 3.05) is 13.1 Å². The van der Waals surface area contributed by atoms with E-state index in [-0.39, 0.29) is 50.4 Å². The van der Waals surface area contributed by atoms with Gasteiger partial charge in [0, 0.05) is 31.5 Å². The van der Waals surface area contributed by atoms with Crippen LogP contribution in [0.3, 0.4) is 0 Å². The maximum atomic E-state index is 14.4. The number of imidazole rings is 1. The van der Waals surface area contributed by atoms with E-state index in [9.17, 15) is 43.5 Å². The van der Waals surface area contributed by atoms with Gasteiger partial charge in [-0.3, -0.25) is 43.3 Å². The fourth-order valence-electron chi connectivity index (χ4n) is 9.02. The van der Waals surface area contributed by atoms with E-state index in [4.69, 9.17) is 11.5 Å². The number of H-pyrrole nitrogens is 1. The summed E-state index contributed by atoms with van der Waals surface area (Å²) in [5.41, 5.74) is 14.3. The molecule has 2 aromatic carbocycles. The number of hydrogen-bond acceptors (Lipinski definition) is 12. The zero-order valence-corrected chi connectivity index (χ0v) is 43.4. The van der Waals surface area contributed by atoms with Crippen molar-refractivity contribution < 1.29 is 43.5 Å². The first-order valence-corrected chi connectivity index (χ1v) is 25.8. The van der Waals surface area contributed by atoms with Crippen LogP contribution in [-0.4, -0.2) is 134 Å². The number of carbonyl (C=O) groups is 7. The van der Waals surface area contributed by atoms with Crippen LogP contribution < -0.4 is 32.7 Å². The first-order chi connectivity index (χ1) is 34.8. The van der Waals surface area contributed by atoms with Gasteiger partial charge in [-0.05, 0) is 87.3 Å². The molecule has 3 aromatic rings. The minimum Gasteiger partial charge on any atom is -0.390 e. The largest absolute Gasteiger partial charge is 0.390 e. The summed E-state index contributed by atoms with van der Waals surface area (Å²) in [6.07, 6.45) is 6.15. The Morgan fingerprint density at radius 3 is 2.01 bits per heavy atom. The van der Waals surface area contributed by atoms with E-state index in [1.165, 1.54) is 11.2 Å². The molecule has 10 N–H and O–H groups in total.